The van der Waals surface area contributed by atoms with E-state index < -0.39 is 11.6 Å². The van der Waals surface area contributed by atoms with Crippen molar-refractivity contribution in [3.05, 3.63) is 0 Å². The molecule has 0 N–H and O–H groups in total. The molecule has 0 saturated heterocycles. The predicted molar refractivity (Wildman–Crippen MR) is 42.0 cm³/mol. The summed E-state index contributed by atoms with van der Waals surface area (Å²) in [6, 6.07) is 0. The molecule has 0 aliphatic rings. The van der Waals surface area contributed by atoms with Gasteiger partial charge in [0.15, 0.2) is 0 Å². The maximum atomic E-state index is 11.2. The molecule has 4 heteroatoms. The number of rotatable bonds is 4. The van der Waals surface area contributed by atoms with Crippen LogP contribution in [0.5, 0.6) is 0 Å². The quantitative estimate of drug-likeness (QED) is 0.471. The highest BCUT2D eigenvalue weighted by atomic mass is 16.6. The lowest BCUT2D eigenvalue weighted by atomic mass is 10.0. The number of hydrogen-bond acceptors (Lipinski definition) is 4. The van der Waals surface area contributed by atoms with Crippen molar-refractivity contribution in [3.63, 3.8) is 0 Å². The monoisotopic (exact) mass is 171 g/mol. The second kappa shape index (κ2) is 4.60. The van der Waals surface area contributed by atoms with Crippen LogP contribution in [0.4, 0.5) is 0 Å². The SMILES string of the molecule is CCOC(=O)C(C)(CC)OC#N. The maximum Gasteiger partial charge on any atom is 0.351 e. The van der Waals surface area contributed by atoms with Crippen molar-refractivity contribution in [1.29, 1.82) is 5.26 Å². The molecular formula is C8H13NO3. The zero-order valence-electron chi connectivity index (χ0n) is 7.59. The molecule has 0 radical (unpaired) electrons. The zero-order valence-corrected chi connectivity index (χ0v) is 7.59. The van der Waals surface area contributed by atoms with E-state index in [0.29, 0.717) is 13.0 Å². The lowest BCUT2D eigenvalue weighted by molar-refractivity contribution is -0.163. The first kappa shape index (κ1) is 10.8. The number of esters is 1. The van der Waals surface area contributed by atoms with Crippen LogP contribution in [0.1, 0.15) is 27.2 Å². The molecule has 0 aliphatic heterocycles. The molecule has 0 aromatic heterocycles. The van der Waals surface area contributed by atoms with Crippen LogP contribution in [-0.4, -0.2) is 18.2 Å². The van der Waals surface area contributed by atoms with Gasteiger partial charge in [0.25, 0.3) is 6.26 Å². The van der Waals surface area contributed by atoms with Gasteiger partial charge in [-0.1, -0.05) is 6.92 Å². The topological polar surface area (TPSA) is 59.3 Å². The average Bonchev–Trinajstić information content (AvgIpc) is 2.05. The van der Waals surface area contributed by atoms with E-state index in [9.17, 15) is 4.79 Å². The lowest BCUT2D eigenvalue weighted by Gasteiger charge is -2.21. The molecule has 0 aromatic carbocycles. The van der Waals surface area contributed by atoms with E-state index >= 15 is 0 Å². The standard InChI is InChI=1S/C8H13NO3/c1-4-8(3,12-6-9)7(10)11-5-2/h4-5H2,1-3H3. The Kier molecular flexibility index (Phi) is 4.12. The number of nitriles is 1. The largest absolute Gasteiger partial charge is 0.463 e. The Morgan fingerprint density at radius 1 is 1.58 bits per heavy atom. The molecule has 0 rings (SSSR count). The fraction of sp³-hybridized carbons (Fsp3) is 0.750. The lowest BCUT2D eigenvalue weighted by Crippen LogP contribution is -2.38. The Hall–Kier alpha value is -1.24. The molecule has 0 spiro atoms. The third kappa shape index (κ3) is 2.42. The normalized spacial score (nSPS) is 14.2. The summed E-state index contributed by atoms with van der Waals surface area (Å²) >= 11 is 0. The molecule has 68 valence electrons. The van der Waals surface area contributed by atoms with Crippen molar-refractivity contribution in [1.82, 2.24) is 0 Å². The highest BCUT2D eigenvalue weighted by molar-refractivity contribution is 5.79. The summed E-state index contributed by atoms with van der Waals surface area (Å²) in [4.78, 5) is 11.2. The summed E-state index contributed by atoms with van der Waals surface area (Å²) < 4.78 is 9.36. The van der Waals surface area contributed by atoms with E-state index in [-0.39, 0.29) is 0 Å². The Morgan fingerprint density at radius 3 is 2.50 bits per heavy atom. The van der Waals surface area contributed by atoms with Gasteiger partial charge in [0.1, 0.15) is 0 Å². The number of hydrogen-bond donors (Lipinski definition) is 0. The fourth-order valence-electron chi connectivity index (χ4n) is 0.643. The molecule has 0 bridgehead atoms. The van der Waals surface area contributed by atoms with Crippen LogP contribution in [0.3, 0.4) is 0 Å². The maximum absolute atomic E-state index is 11.2. The van der Waals surface area contributed by atoms with E-state index in [1.165, 1.54) is 13.2 Å². The van der Waals surface area contributed by atoms with Crippen molar-refractivity contribution in [3.8, 4) is 6.26 Å². The molecule has 4 nitrogen and oxygen atoms in total. The second-order valence-corrected chi connectivity index (χ2v) is 2.50. The van der Waals surface area contributed by atoms with Gasteiger partial charge in [-0.15, -0.1) is 0 Å². The molecule has 0 aliphatic carbocycles. The van der Waals surface area contributed by atoms with Gasteiger partial charge in [0.2, 0.25) is 5.60 Å². The minimum absolute atomic E-state index is 0.295. The highest BCUT2D eigenvalue weighted by Crippen LogP contribution is 2.16. The van der Waals surface area contributed by atoms with Crippen LogP contribution < -0.4 is 0 Å². The third-order valence-electron chi connectivity index (χ3n) is 1.65. The van der Waals surface area contributed by atoms with Gasteiger partial charge in [0.05, 0.1) is 6.61 Å². The first-order chi connectivity index (χ1) is 5.60. The van der Waals surface area contributed by atoms with E-state index in [4.69, 9.17) is 10.00 Å². The fourth-order valence-corrected chi connectivity index (χ4v) is 0.643. The molecule has 0 heterocycles. The van der Waals surface area contributed by atoms with Crippen LogP contribution in [0.2, 0.25) is 0 Å². The van der Waals surface area contributed by atoms with Gasteiger partial charge in [-0.3, -0.25) is 0 Å². The van der Waals surface area contributed by atoms with Crippen LogP contribution in [0.25, 0.3) is 0 Å². The minimum atomic E-state index is -1.12. The summed E-state index contributed by atoms with van der Waals surface area (Å²) in [5, 5.41) is 8.27. The Morgan fingerprint density at radius 2 is 2.17 bits per heavy atom. The van der Waals surface area contributed by atoms with Gasteiger partial charge in [-0.05, 0) is 20.3 Å². The van der Waals surface area contributed by atoms with Crippen LogP contribution in [0.15, 0.2) is 0 Å². The molecule has 0 aromatic rings. The van der Waals surface area contributed by atoms with E-state index in [2.05, 4.69) is 4.74 Å². The number of ether oxygens (including phenoxy) is 2. The molecule has 0 amide bonds. The van der Waals surface area contributed by atoms with Gasteiger partial charge in [-0.25, -0.2) is 4.79 Å². The van der Waals surface area contributed by atoms with Crippen LogP contribution in [-0.2, 0) is 14.3 Å². The Bertz CT molecular complexity index is 197. The average molecular weight is 171 g/mol. The summed E-state index contributed by atoms with van der Waals surface area (Å²) in [5.41, 5.74) is -1.12. The number of carbonyl (C=O) groups excluding carboxylic acids is 1. The van der Waals surface area contributed by atoms with Crippen molar-refractivity contribution in [2.45, 2.75) is 32.8 Å². The molecule has 0 saturated carbocycles. The van der Waals surface area contributed by atoms with Gasteiger partial charge in [-0.2, -0.15) is 5.26 Å². The smallest absolute Gasteiger partial charge is 0.351 e. The van der Waals surface area contributed by atoms with Gasteiger partial charge >= 0.3 is 5.97 Å². The Labute approximate surface area is 72.1 Å². The van der Waals surface area contributed by atoms with Crippen LogP contribution >= 0.6 is 0 Å². The van der Waals surface area contributed by atoms with Gasteiger partial charge < -0.3 is 9.47 Å². The predicted octanol–water partition coefficient (Wildman–Crippen LogP) is 1.22. The first-order valence-corrected chi connectivity index (χ1v) is 3.85. The molecule has 0 fully saturated rings. The Balaban J connectivity index is 4.31. The second-order valence-electron chi connectivity index (χ2n) is 2.50. The number of nitrogens with zero attached hydrogens (tertiary/aromatic N) is 1. The molecule has 12 heavy (non-hydrogen) atoms. The van der Waals surface area contributed by atoms with Crippen LogP contribution in [0, 0.1) is 11.5 Å². The highest BCUT2D eigenvalue weighted by Gasteiger charge is 2.35. The molecule has 1 unspecified atom stereocenters. The summed E-state index contributed by atoms with van der Waals surface area (Å²) in [6.07, 6.45) is 1.91. The van der Waals surface area contributed by atoms with Crippen molar-refractivity contribution in [2.75, 3.05) is 6.61 Å². The van der Waals surface area contributed by atoms with Gasteiger partial charge in [0, 0.05) is 0 Å². The third-order valence-corrected chi connectivity index (χ3v) is 1.65. The summed E-state index contributed by atoms with van der Waals surface area (Å²) in [6.45, 7) is 5.30. The molecular weight excluding hydrogens is 158 g/mol. The summed E-state index contributed by atoms with van der Waals surface area (Å²) in [5.74, 6) is -0.492. The van der Waals surface area contributed by atoms with Crippen molar-refractivity contribution in [2.24, 2.45) is 0 Å². The van der Waals surface area contributed by atoms with E-state index in [1.807, 2.05) is 0 Å². The van der Waals surface area contributed by atoms with Crippen molar-refractivity contribution < 1.29 is 14.3 Å². The minimum Gasteiger partial charge on any atom is -0.463 e. The zero-order chi connectivity index (χ0) is 9.61. The summed E-state index contributed by atoms with van der Waals surface area (Å²) in [7, 11) is 0. The molecule has 1 atom stereocenters. The van der Waals surface area contributed by atoms with Crippen molar-refractivity contribution >= 4 is 5.97 Å². The van der Waals surface area contributed by atoms with E-state index in [1.54, 1.807) is 13.8 Å². The van der Waals surface area contributed by atoms with E-state index in [0.717, 1.165) is 0 Å². The first-order valence-electron chi connectivity index (χ1n) is 3.85. The number of carbonyl (C=O) groups is 1.